The van der Waals surface area contributed by atoms with Gasteiger partial charge in [0.05, 0.1) is 21.8 Å². The number of nitrogens with zero attached hydrogens (tertiary/aromatic N) is 1. The number of aromatic nitrogens is 1. The lowest BCUT2D eigenvalue weighted by atomic mass is 10.0. The van der Waals surface area contributed by atoms with Gasteiger partial charge in [0.2, 0.25) is 6.79 Å². The first-order valence-corrected chi connectivity index (χ1v) is 10.4. The van der Waals surface area contributed by atoms with E-state index in [0.717, 1.165) is 10.9 Å². The van der Waals surface area contributed by atoms with Crippen LogP contribution in [0.4, 0.5) is 0 Å². The van der Waals surface area contributed by atoms with Crippen molar-refractivity contribution in [2.24, 2.45) is 0 Å². The van der Waals surface area contributed by atoms with Crippen LogP contribution in [0.15, 0.2) is 66.7 Å². The Balaban J connectivity index is 1.48. The second-order valence-electron chi connectivity index (χ2n) is 7.07. The van der Waals surface area contributed by atoms with Crippen LogP contribution in [0.25, 0.3) is 22.2 Å². The lowest BCUT2D eigenvalue weighted by Gasteiger charge is -2.12. The Hall–Kier alpha value is -3.28. The minimum atomic E-state index is -0.206. The molecule has 0 radical (unpaired) electrons. The first-order chi connectivity index (χ1) is 15.1. The summed E-state index contributed by atoms with van der Waals surface area (Å²) >= 11 is 12.4. The lowest BCUT2D eigenvalue weighted by Crippen LogP contribution is -2.23. The maximum absolute atomic E-state index is 13.1. The fourth-order valence-corrected chi connectivity index (χ4v) is 4.03. The highest BCUT2D eigenvalue weighted by molar-refractivity contribution is 6.36. The molecule has 31 heavy (non-hydrogen) atoms. The molecule has 0 bridgehead atoms. The van der Waals surface area contributed by atoms with Crippen LogP contribution in [-0.2, 0) is 6.54 Å². The highest BCUT2D eigenvalue weighted by Gasteiger charge is 2.17. The zero-order valence-electron chi connectivity index (χ0n) is 16.2. The number of hydrogen-bond acceptors (Lipinski definition) is 4. The summed E-state index contributed by atoms with van der Waals surface area (Å²) in [4.78, 5) is 17.8. The van der Waals surface area contributed by atoms with Crippen LogP contribution in [0.5, 0.6) is 11.5 Å². The standard InChI is InChI=1S/C24H16Cl2N2O3/c25-15-6-7-17(19(26)10-15)21-11-18(16-3-1-2-4-20(16)28-21)24(29)27-12-14-5-8-22-23(9-14)31-13-30-22/h1-11H,12-13H2,(H,27,29). The number of hydrogen-bond donors (Lipinski definition) is 1. The van der Waals surface area contributed by atoms with Gasteiger partial charge in [-0.2, -0.15) is 0 Å². The first-order valence-electron chi connectivity index (χ1n) is 9.60. The van der Waals surface area contributed by atoms with E-state index in [1.165, 1.54) is 0 Å². The van der Waals surface area contributed by atoms with Gasteiger partial charge in [-0.1, -0.05) is 47.5 Å². The van der Waals surface area contributed by atoms with Crippen LogP contribution < -0.4 is 14.8 Å². The van der Waals surface area contributed by atoms with E-state index in [2.05, 4.69) is 5.32 Å². The number of halogens is 2. The molecule has 1 aliphatic heterocycles. The SMILES string of the molecule is O=C(NCc1ccc2c(c1)OCO2)c1cc(-c2ccc(Cl)cc2Cl)nc2ccccc12. The Morgan fingerprint density at radius 3 is 2.68 bits per heavy atom. The van der Waals surface area contributed by atoms with Crippen LogP contribution in [0.1, 0.15) is 15.9 Å². The molecule has 0 spiro atoms. The molecule has 1 amide bonds. The molecule has 1 aliphatic rings. The Kier molecular flexibility index (Phi) is 5.14. The molecule has 5 rings (SSSR count). The topological polar surface area (TPSA) is 60.5 Å². The van der Waals surface area contributed by atoms with E-state index >= 15 is 0 Å². The number of carbonyl (C=O) groups is 1. The average Bonchev–Trinajstić information content (AvgIpc) is 3.24. The summed E-state index contributed by atoms with van der Waals surface area (Å²) in [5.41, 5.74) is 3.46. The molecule has 154 valence electrons. The molecule has 0 fully saturated rings. The average molecular weight is 451 g/mol. The summed E-state index contributed by atoms with van der Waals surface area (Å²) in [5.74, 6) is 1.18. The molecule has 0 saturated carbocycles. The van der Waals surface area contributed by atoms with Crippen molar-refractivity contribution in [3.8, 4) is 22.8 Å². The smallest absolute Gasteiger partial charge is 0.252 e. The molecule has 0 saturated heterocycles. The third-order valence-electron chi connectivity index (χ3n) is 5.06. The summed E-state index contributed by atoms with van der Waals surface area (Å²) < 4.78 is 10.7. The molecule has 1 aromatic heterocycles. The predicted octanol–water partition coefficient (Wildman–Crippen LogP) is 5.87. The van der Waals surface area contributed by atoms with E-state index in [-0.39, 0.29) is 12.7 Å². The van der Waals surface area contributed by atoms with Gasteiger partial charge in [-0.15, -0.1) is 0 Å². The summed E-state index contributed by atoms with van der Waals surface area (Å²) in [7, 11) is 0. The maximum Gasteiger partial charge on any atom is 0.252 e. The predicted molar refractivity (Wildman–Crippen MR) is 121 cm³/mol. The van der Waals surface area contributed by atoms with Gasteiger partial charge in [0.25, 0.3) is 5.91 Å². The van der Waals surface area contributed by atoms with E-state index < -0.39 is 0 Å². The summed E-state index contributed by atoms with van der Waals surface area (Å²) in [6.45, 7) is 0.563. The molecule has 4 aromatic rings. The Bertz CT molecular complexity index is 1320. The highest BCUT2D eigenvalue weighted by atomic mass is 35.5. The number of carbonyl (C=O) groups excluding carboxylic acids is 1. The molecular weight excluding hydrogens is 435 g/mol. The van der Waals surface area contributed by atoms with Gasteiger partial charge in [-0.3, -0.25) is 4.79 Å². The highest BCUT2D eigenvalue weighted by Crippen LogP contribution is 2.33. The zero-order chi connectivity index (χ0) is 21.4. The number of nitrogens with one attached hydrogen (secondary N) is 1. The normalized spacial score (nSPS) is 12.2. The zero-order valence-corrected chi connectivity index (χ0v) is 17.7. The van der Waals surface area contributed by atoms with Crippen molar-refractivity contribution in [3.05, 3.63) is 87.9 Å². The van der Waals surface area contributed by atoms with Gasteiger partial charge in [0.15, 0.2) is 11.5 Å². The van der Waals surface area contributed by atoms with Crippen LogP contribution in [0.3, 0.4) is 0 Å². The summed E-state index contributed by atoms with van der Waals surface area (Å²) in [5, 5.41) is 4.76. The largest absolute Gasteiger partial charge is 0.454 e. The molecule has 1 N–H and O–H groups in total. The minimum Gasteiger partial charge on any atom is -0.454 e. The Morgan fingerprint density at radius 2 is 1.81 bits per heavy atom. The second-order valence-corrected chi connectivity index (χ2v) is 7.91. The lowest BCUT2D eigenvalue weighted by molar-refractivity contribution is 0.0952. The monoisotopic (exact) mass is 450 g/mol. The van der Waals surface area contributed by atoms with Gasteiger partial charge >= 0.3 is 0 Å². The molecule has 5 nitrogen and oxygen atoms in total. The molecule has 3 aromatic carbocycles. The van der Waals surface area contributed by atoms with Crippen LogP contribution in [0, 0.1) is 0 Å². The quantitative estimate of drug-likeness (QED) is 0.422. The van der Waals surface area contributed by atoms with Crippen LogP contribution in [0.2, 0.25) is 10.0 Å². The van der Waals surface area contributed by atoms with Gasteiger partial charge in [0, 0.05) is 22.5 Å². The Labute approximate surface area is 188 Å². The van der Waals surface area contributed by atoms with Crippen molar-refractivity contribution in [2.75, 3.05) is 6.79 Å². The van der Waals surface area contributed by atoms with Crippen molar-refractivity contribution >= 4 is 40.0 Å². The number of para-hydroxylation sites is 1. The third kappa shape index (κ3) is 3.90. The van der Waals surface area contributed by atoms with Gasteiger partial charge in [-0.25, -0.2) is 4.98 Å². The number of fused-ring (bicyclic) bond motifs is 2. The third-order valence-corrected chi connectivity index (χ3v) is 5.61. The van der Waals surface area contributed by atoms with Crippen LogP contribution in [-0.4, -0.2) is 17.7 Å². The van der Waals surface area contributed by atoms with E-state index in [4.69, 9.17) is 37.7 Å². The number of amides is 1. The van der Waals surface area contributed by atoms with E-state index in [0.29, 0.717) is 50.4 Å². The molecule has 0 aliphatic carbocycles. The molecular formula is C24H16Cl2N2O3. The fourth-order valence-electron chi connectivity index (χ4n) is 3.53. The minimum absolute atomic E-state index is 0.206. The van der Waals surface area contributed by atoms with Crippen molar-refractivity contribution in [2.45, 2.75) is 6.54 Å². The van der Waals surface area contributed by atoms with Crippen molar-refractivity contribution in [3.63, 3.8) is 0 Å². The van der Waals surface area contributed by atoms with E-state index in [1.807, 2.05) is 42.5 Å². The molecule has 0 unspecified atom stereocenters. The van der Waals surface area contributed by atoms with Gasteiger partial charge < -0.3 is 14.8 Å². The summed E-state index contributed by atoms with van der Waals surface area (Å²) in [6.07, 6.45) is 0. The van der Waals surface area contributed by atoms with Gasteiger partial charge in [0.1, 0.15) is 0 Å². The van der Waals surface area contributed by atoms with Crippen molar-refractivity contribution < 1.29 is 14.3 Å². The number of benzene rings is 3. The Morgan fingerprint density at radius 1 is 0.968 bits per heavy atom. The second kappa shape index (κ2) is 8.10. The van der Waals surface area contributed by atoms with Crippen molar-refractivity contribution in [1.29, 1.82) is 0 Å². The van der Waals surface area contributed by atoms with E-state index in [1.54, 1.807) is 24.3 Å². The van der Waals surface area contributed by atoms with Crippen LogP contribution >= 0.6 is 23.2 Å². The van der Waals surface area contributed by atoms with E-state index in [9.17, 15) is 4.79 Å². The maximum atomic E-state index is 13.1. The first kappa shape index (κ1) is 19.7. The van der Waals surface area contributed by atoms with Crippen molar-refractivity contribution in [1.82, 2.24) is 10.3 Å². The molecule has 7 heteroatoms. The fraction of sp³-hybridized carbons (Fsp3) is 0.0833. The number of ether oxygens (including phenoxy) is 2. The molecule has 0 atom stereocenters. The number of rotatable bonds is 4. The summed E-state index contributed by atoms with van der Waals surface area (Å²) in [6, 6.07) is 20.1. The van der Waals surface area contributed by atoms with Gasteiger partial charge in [-0.05, 0) is 48.0 Å². The molecule has 2 heterocycles. The number of pyridine rings is 1.